The van der Waals surface area contributed by atoms with Crippen molar-refractivity contribution in [3.05, 3.63) is 24.3 Å². The van der Waals surface area contributed by atoms with E-state index in [0.717, 1.165) is 51.4 Å². The zero-order valence-corrected chi connectivity index (χ0v) is 55.8. The Morgan fingerprint density at radius 1 is 0.424 bits per heavy atom. The average molecular weight is 1200 g/mol. The highest BCUT2D eigenvalue weighted by atomic mass is 16.7. The Labute approximate surface area is 524 Å². The van der Waals surface area contributed by atoms with Crippen molar-refractivity contribution in [2.45, 2.75) is 416 Å². The summed E-state index contributed by atoms with van der Waals surface area (Å²) in [5.41, 5.74) is 0. The highest BCUT2D eigenvalue weighted by Gasteiger charge is 2.44. The van der Waals surface area contributed by atoms with Crippen LogP contribution >= 0.6 is 0 Å². The normalized spacial score (nSPS) is 18.0. The van der Waals surface area contributed by atoms with E-state index < -0.39 is 49.5 Å². The predicted molar refractivity (Wildman–Crippen MR) is 357 cm³/mol. The molecule has 7 atom stereocenters. The summed E-state index contributed by atoms with van der Waals surface area (Å²) in [5.74, 6) is -0.166. The molecule has 1 aliphatic heterocycles. The smallest absolute Gasteiger partial charge is 0.305 e. The molecule has 1 rings (SSSR count). The summed E-state index contributed by atoms with van der Waals surface area (Å²) in [6.45, 7) is 4.36. The Morgan fingerprint density at radius 3 is 1.13 bits per heavy atom. The van der Waals surface area contributed by atoms with Gasteiger partial charge >= 0.3 is 5.97 Å². The summed E-state index contributed by atoms with van der Waals surface area (Å²) in [6, 6.07) is -0.807. The number of nitrogens with one attached hydrogen (secondary N) is 1. The van der Waals surface area contributed by atoms with Gasteiger partial charge in [0.2, 0.25) is 5.91 Å². The van der Waals surface area contributed by atoms with Gasteiger partial charge in [-0.2, -0.15) is 0 Å². The Bertz CT molecular complexity index is 1460. The molecule has 7 unspecified atom stereocenters. The van der Waals surface area contributed by atoms with Gasteiger partial charge in [-0.15, -0.1) is 0 Å². The van der Waals surface area contributed by atoms with E-state index in [2.05, 4.69) is 31.3 Å². The Morgan fingerprint density at radius 2 is 0.753 bits per heavy atom. The first-order valence-electron chi connectivity index (χ1n) is 37.1. The second-order valence-electron chi connectivity index (χ2n) is 26.0. The molecule has 85 heavy (non-hydrogen) atoms. The van der Waals surface area contributed by atoms with Gasteiger partial charge in [-0.25, -0.2) is 0 Å². The third-order valence-electron chi connectivity index (χ3n) is 17.8. The fourth-order valence-corrected chi connectivity index (χ4v) is 12.0. The molecule has 1 aliphatic rings. The summed E-state index contributed by atoms with van der Waals surface area (Å²) >= 11 is 0. The van der Waals surface area contributed by atoms with Crippen molar-refractivity contribution in [1.29, 1.82) is 0 Å². The van der Waals surface area contributed by atoms with Gasteiger partial charge in [0.1, 0.15) is 24.4 Å². The molecule has 0 saturated carbocycles. The molecule has 1 fully saturated rings. The third kappa shape index (κ3) is 52.6. The number of aliphatic hydroxyl groups is 5. The summed E-state index contributed by atoms with van der Waals surface area (Å²) in [6.07, 6.45) is 70.6. The number of ether oxygens (including phenoxy) is 3. The van der Waals surface area contributed by atoms with Gasteiger partial charge in [-0.05, 0) is 57.8 Å². The molecule has 1 saturated heterocycles. The van der Waals surface area contributed by atoms with Crippen LogP contribution in [0, 0.1) is 0 Å². The van der Waals surface area contributed by atoms with Crippen molar-refractivity contribution in [3.8, 4) is 0 Å². The zero-order valence-electron chi connectivity index (χ0n) is 55.8. The number of hydrogen-bond acceptors (Lipinski definition) is 10. The average Bonchev–Trinajstić information content (AvgIpc) is 3.71. The minimum Gasteiger partial charge on any atom is -0.466 e. The van der Waals surface area contributed by atoms with Gasteiger partial charge < -0.3 is 45.1 Å². The van der Waals surface area contributed by atoms with E-state index in [-0.39, 0.29) is 18.5 Å². The van der Waals surface area contributed by atoms with Crippen molar-refractivity contribution in [3.63, 3.8) is 0 Å². The molecule has 0 aromatic carbocycles. The molecule has 502 valence electrons. The number of carbonyl (C=O) groups is 2. The van der Waals surface area contributed by atoms with Gasteiger partial charge in [0, 0.05) is 12.8 Å². The number of allylic oxidation sites excluding steroid dienone is 3. The molecule has 0 bridgehead atoms. The van der Waals surface area contributed by atoms with Crippen LogP contribution in [0.4, 0.5) is 0 Å². The maximum atomic E-state index is 13.0. The highest BCUT2D eigenvalue weighted by molar-refractivity contribution is 5.76. The van der Waals surface area contributed by atoms with Crippen molar-refractivity contribution in [1.82, 2.24) is 5.32 Å². The van der Waals surface area contributed by atoms with Crippen molar-refractivity contribution in [2.24, 2.45) is 0 Å². The van der Waals surface area contributed by atoms with E-state index in [9.17, 15) is 35.1 Å². The first kappa shape index (κ1) is 81.2. The van der Waals surface area contributed by atoms with Crippen molar-refractivity contribution in [2.75, 3.05) is 19.8 Å². The monoisotopic (exact) mass is 1200 g/mol. The van der Waals surface area contributed by atoms with Crippen LogP contribution in [0.5, 0.6) is 0 Å². The fraction of sp³-hybridized carbons (Fsp3) is 0.919. The van der Waals surface area contributed by atoms with Crippen LogP contribution in [-0.2, 0) is 23.8 Å². The largest absolute Gasteiger partial charge is 0.466 e. The van der Waals surface area contributed by atoms with Crippen LogP contribution in [0.3, 0.4) is 0 Å². The lowest BCUT2D eigenvalue weighted by Gasteiger charge is -2.40. The second-order valence-corrected chi connectivity index (χ2v) is 26.0. The lowest BCUT2D eigenvalue weighted by Crippen LogP contribution is -2.60. The van der Waals surface area contributed by atoms with E-state index in [0.29, 0.717) is 19.4 Å². The molecule has 0 aliphatic carbocycles. The Balaban J connectivity index is 1.88. The number of unbranched alkanes of at least 4 members (excludes halogenated alkanes) is 50. The van der Waals surface area contributed by atoms with E-state index in [1.807, 2.05) is 6.08 Å². The maximum absolute atomic E-state index is 13.0. The molecule has 1 heterocycles. The number of hydrogen-bond donors (Lipinski definition) is 6. The third-order valence-corrected chi connectivity index (χ3v) is 17.8. The fourth-order valence-electron chi connectivity index (χ4n) is 12.0. The zero-order chi connectivity index (χ0) is 61.6. The number of carbonyl (C=O) groups excluding carboxylic acids is 2. The molecule has 0 aromatic heterocycles. The molecule has 6 N–H and O–H groups in total. The predicted octanol–water partition coefficient (Wildman–Crippen LogP) is 19.2. The van der Waals surface area contributed by atoms with Crippen LogP contribution in [0.2, 0.25) is 0 Å². The molecule has 0 radical (unpaired) electrons. The summed E-state index contributed by atoms with van der Waals surface area (Å²) in [4.78, 5) is 25.1. The summed E-state index contributed by atoms with van der Waals surface area (Å²) in [5, 5.41) is 54.3. The van der Waals surface area contributed by atoms with Crippen LogP contribution in [-0.4, -0.2) is 100 Å². The van der Waals surface area contributed by atoms with Crippen LogP contribution in [0.1, 0.15) is 373 Å². The molecular formula is C74H141NO10. The van der Waals surface area contributed by atoms with Crippen molar-refractivity contribution < 1.29 is 49.3 Å². The molecule has 1 amide bonds. The van der Waals surface area contributed by atoms with E-state index in [1.165, 1.54) is 295 Å². The highest BCUT2D eigenvalue weighted by Crippen LogP contribution is 2.24. The Hall–Kier alpha value is -1.86. The molecule has 11 heteroatoms. The first-order chi connectivity index (χ1) is 41.7. The van der Waals surface area contributed by atoms with Gasteiger partial charge in [-0.1, -0.05) is 327 Å². The van der Waals surface area contributed by atoms with Gasteiger partial charge in [0.25, 0.3) is 0 Å². The standard InChI is InChI=1S/C74H141NO10/c1-3-5-7-9-11-13-14-15-16-32-36-39-42-46-50-54-58-62-70(79)83-63-59-55-51-47-43-40-37-34-31-29-27-25-23-21-19-17-18-20-22-24-26-28-30-33-35-38-41-45-49-53-57-61-69(78)75-66(67(77)60-56-52-48-44-12-10-8-6-4-2)65-84-74-73(82)72(81)71(80)68(64-76)85-74/h19,21,56,60,66-68,71-74,76-77,80-82H,3-18,20,22-55,57-59,61-65H2,1-2H3,(H,75,78)/b21-19-,60-56+. The number of rotatable bonds is 66. The maximum Gasteiger partial charge on any atom is 0.305 e. The topological polar surface area (TPSA) is 175 Å². The molecule has 0 aromatic rings. The molecular weight excluding hydrogens is 1060 g/mol. The summed E-state index contributed by atoms with van der Waals surface area (Å²) in [7, 11) is 0. The first-order valence-corrected chi connectivity index (χ1v) is 37.1. The van der Waals surface area contributed by atoms with E-state index >= 15 is 0 Å². The second kappa shape index (κ2) is 63.7. The van der Waals surface area contributed by atoms with E-state index in [1.54, 1.807) is 6.08 Å². The molecule has 0 spiro atoms. The van der Waals surface area contributed by atoms with E-state index in [4.69, 9.17) is 14.2 Å². The summed E-state index contributed by atoms with van der Waals surface area (Å²) < 4.78 is 16.7. The minimum absolute atomic E-state index is 0.0144. The Kier molecular flexibility index (Phi) is 60.8. The van der Waals surface area contributed by atoms with Gasteiger partial charge in [0.05, 0.1) is 32.0 Å². The lowest BCUT2D eigenvalue weighted by atomic mass is 9.99. The lowest BCUT2D eigenvalue weighted by molar-refractivity contribution is -0.302. The minimum atomic E-state index is -1.57. The molecule has 11 nitrogen and oxygen atoms in total. The number of amides is 1. The quantitative estimate of drug-likeness (QED) is 0.0195. The number of aliphatic hydroxyl groups excluding tert-OH is 5. The van der Waals surface area contributed by atoms with Crippen LogP contribution in [0.15, 0.2) is 24.3 Å². The number of esters is 1. The van der Waals surface area contributed by atoms with Gasteiger partial charge in [-0.3, -0.25) is 9.59 Å². The van der Waals surface area contributed by atoms with Crippen molar-refractivity contribution >= 4 is 11.9 Å². The van der Waals surface area contributed by atoms with Crippen LogP contribution in [0.25, 0.3) is 0 Å². The van der Waals surface area contributed by atoms with Crippen LogP contribution < -0.4 is 5.32 Å². The van der Waals surface area contributed by atoms with Gasteiger partial charge in [0.15, 0.2) is 6.29 Å². The SMILES string of the molecule is CCCCCCCCC/C=C/C(O)C(COC1OC(CO)C(O)C(O)C1O)NC(=O)CCCCCCCCCCCCCCCCC/C=C\CCCCCCCCCCCCCCOC(=O)CCCCCCCCCCCCCCCCCCC.